The summed E-state index contributed by atoms with van der Waals surface area (Å²) in [6.45, 7) is -1.59. The van der Waals surface area contributed by atoms with Gasteiger partial charge in [0.2, 0.25) is 5.88 Å². The molecular weight excluding hydrogens is 432 g/mol. The van der Waals surface area contributed by atoms with Gasteiger partial charge in [-0.3, -0.25) is 9.79 Å². The van der Waals surface area contributed by atoms with Crippen LogP contribution in [0.2, 0.25) is 0 Å². The molecule has 2 aliphatic rings. The molecule has 32 heavy (non-hydrogen) atoms. The van der Waals surface area contributed by atoms with Crippen LogP contribution < -0.4 is 10.5 Å². The minimum atomic E-state index is -2.49. The van der Waals surface area contributed by atoms with Crippen LogP contribution in [0.1, 0.15) is 28.0 Å². The van der Waals surface area contributed by atoms with Crippen molar-refractivity contribution in [2.45, 2.75) is 24.0 Å². The lowest BCUT2D eigenvalue weighted by atomic mass is 9.72. The van der Waals surface area contributed by atoms with Gasteiger partial charge < -0.3 is 15.2 Å². The molecule has 0 saturated carbocycles. The van der Waals surface area contributed by atoms with Crippen molar-refractivity contribution >= 4 is 11.6 Å². The van der Waals surface area contributed by atoms with Gasteiger partial charge in [0, 0.05) is 17.9 Å². The molecule has 0 radical (unpaired) electrons. The monoisotopic (exact) mass is 452 g/mol. The quantitative estimate of drug-likeness (QED) is 0.534. The number of halogens is 4. The van der Waals surface area contributed by atoms with Crippen molar-refractivity contribution in [2.24, 2.45) is 16.6 Å². The molecule has 1 fully saturated rings. The van der Waals surface area contributed by atoms with Crippen molar-refractivity contribution in [3.8, 4) is 5.88 Å². The second kappa shape index (κ2) is 8.12. The molecule has 7 nitrogen and oxygen atoms in total. The molecule has 2 aromatic rings. The first-order valence-electron chi connectivity index (χ1n) is 9.78. The fourth-order valence-corrected chi connectivity index (χ4v) is 4.16. The summed E-state index contributed by atoms with van der Waals surface area (Å²) in [4.78, 5) is 24.5. The molecule has 1 aromatic heterocycles. The Morgan fingerprint density at radius 3 is 2.75 bits per heavy atom. The number of hydrogen-bond acceptors (Lipinski definition) is 7. The molecule has 0 spiro atoms. The van der Waals surface area contributed by atoms with Gasteiger partial charge >= 0.3 is 0 Å². The number of carbonyl (C=O) groups is 1. The molecule has 3 heterocycles. The lowest BCUT2D eigenvalue weighted by Crippen LogP contribution is -2.53. The Bertz CT molecular complexity index is 1080. The molecule has 0 amide bonds. The van der Waals surface area contributed by atoms with Gasteiger partial charge in [0.25, 0.3) is 0 Å². The van der Waals surface area contributed by atoms with Gasteiger partial charge in [0.05, 0.1) is 32.7 Å². The number of nitrogens with zero attached hydrogens (tertiary/aromatic N) is 3. The first-order valence-corrected chi connectivity index (χ1v) is 9.78. The normalized spacial score (nSPS) is 27.0. The van der Waals surface area contributed by atoms with Crippen LogP contribution in [0.3, 0.4) is 0 Å². The van der Waals surface area contributed by atoms with Crippen LogP contribution >= 0.6 is 0 Å². The maximum absolute atomic E-state index is 14.9. The van der Waals surface area contributed by atoms with Crippen LogP contribution in [0.25, 0.3) is 0 Å². The third-order valence-corrected chi connectivity index (χ3v) is 5.92. The molecule has 2 N–H and O–H groups in total. The summed E-state index contributed by atoms with van der Waals surface area (Å²) in [5.74, 6) is -4.07. The maximum Gasteiger partial charge on any atom is 0.232 e. The zero-order valence-corrected chi connectivity index (χ0v) is 17.1. The van der Waals surface area contributed by atoms with E-state index in [9.17, 15) is 22.4 Å². The number of Topliss-reactive ketones (excluding diaryl/α,β-unsaturated/α-hetero) is 1. The number of nitrogens with two attached hydrogens (primary N) is 1. The molecule has 2 aliphatic heterocycles. The van der Waals surface area contributed by atoms with Gasteiger partial charge in [-0.1, -0.05) is 0 Å². The fraction of sp³-hybridized carbons (Fsp3) is 0.429. The van der Waals surface area contributed by atoms with E-state index in [0.717, 1.165) is 6.07 Å². The zero-order valence-electron chi connectivity index (χ0n) is 17.1. The summed E-state index contributed by atoms with van der Waals surface area (Å²) in [6.07, 6.45) is 1.79. The lowest BCUT2D eigenvalue weighted by molar-refractivity contribution is 0.0987. The van der Waals surface area contributed by atoms with Crippen molar-refractivity contribution < 1.29 is 31.8 Å². The van der Waals surface area contributed by atoms with Gasteiger partial charge in [-0.15, -0.1) is 0 Å². The summed E-state index contributed by atoms with van der Waals surface area (Å²) < 4.78 is 67.8. The first kappa shape index (κ1) is 22.1. The number of benzene rings is 1. The summed E-state index contributed by atoms with van der Waals surface area (Å²) in [5.41, 5.74) is 1.64. The van der Waals surface area contributed by atoms with E-state index in [-0.39, 0.29) is 48.8 Å². The molecule has 1 aromatic carbocycles. The standard InChI is InChI=1S/C21H20F4N4O3/c1-31-17-7-27-15(6-28-17)16(30)4-11-2-13(18(24)14(23)3-11)21-10-32-8-12(21)5-20(25,9-22)19(26)29-21/h2-3,6-7,12H,4-5,8-10H2,1H3,(H2,26,29)/t12-,20+,21+/m1/s1. The predicted octanol–water partition coefficient (Wildman–Crippen LogP) is 2.47. The van der Waals surface area contributed by atoms with Crippen molar-refractivity contribution in [3.63, 3.8) is 0 Å². The summed E-state index contributed by atoms with van der Waals surface area (Å²) in [7, 11) is 1.40. The topological polar surface area (TPSA) is 99.7 Å². The highest BCUT2D eigenvalue weighted by atomic mass is 19.2. The lowest BCUT2D eigenvalue weighted by Gasteiger charge is -2.40. The average Bonchev–Trinajstić information content (AvgIpc) is 3.19. The number of ketones is 1. The van der Waals surface area contributed by atoms with Crippen molar-refractivity contribution in [1.29, 1.82) is 0 Å². The molecule has 0 unspecified atom stereocenters. The van der Waals surface area contributed by atoms with Crippen molar-refractivity contribution in [2.75, 3.05) is 27.0 Å². The van der Waals surface area contributed by atoms with Gasteiger partial charge in [0.1, 0.15) is 23.7 Å². The fourth-order valence-electron chi connectivity index (χ4n) is 4.16. The van der Waals surface area contributed by atoms with Crippen LogP contribution in [-0.2, 0) is 16.7 Å². The van der Waals surface area contributed by atoms with Crippen molar-refractivity contribution in [1.82, 2.24) is 9.97 Å². The van der Waals surface area contributed by atoms with Crippen LogP contribution in [0.15, 0.2) is 29.5 Å². The molecule has 0 aliphatic carbocycles. The number of amidine groups is 1. The zero-order chi connectivity index (χ0) is 23.1. The predicted molar refractivity (Wildman–Crippen MR) is 105 cm³/mol. The van der Waals surface area contributed by atoms with Crippen LogP contribution in [0, 0.1) is 17.6 Å². The summed E-state index contributed by atoms with van der Waals surface area (Å²) >= 11 is 0. The highest BCUT2D eigenvalue weighted by Gasteiger charge is 2.56. The number of rotatable bonds is 6. The van der Waals surface area contributed by atoms with E-state index in [1.807, 2.05) is 0 Å². The summed E-state index contributed by atoms with van der Waals surface area (Å²) in [5, 5.41) is 0. The Morgan fingerprint density at radius 1 is 1.31 bits per heavy atom. The second-order valence-electron chi connectivity index (χ2n) is 7.92. The Balaban J connectivity index is 1.72. The van der Waals surface area contributed by atoms with Crippen LogP contribution in [0.4, 0.5) is 17.6 Å². The molecule has 0 bridgehead atoms. The largest absolute Gasteiger partial charge is 0.480 e. The van der Waals surface area contributed by atoms with E-state index < -0.39 is 47.1 Å². The van der Waals surface area contributed by atoms with Gasteiger partial charge in [-0.2, -0.15) is 0 Å². The summed E-state index contributed by atoms with van der Waals surface area (Å²) in [6, 6.07) is 2.18. The average molecular weight is 452 g/mol. The highest BCUT2D eigenvalue weighted by molar-refractivity contribution is 5.95. The number of ether oxygens (including phenoxy) is 2. The van der Waals surface area contributed by atoms with E-state index in [1.165, 1.54) is 25.6 Å². The minimum Gasteiger partial charge on any atom is -0.480 e. The smallest absolute Gasteiger partial charge is 0.232 e. The first-order chi connectivity index (χ1) is 15.2. The van der Waals surface area contributed by atoms with Crippen LogP contribution in [0.5, 0.6) is 5.88 Å². The SMILES string of the molecule is COc1cnc(C(=O)Cc2cc(F)c(F)c([C@]34COC[C@H]3C[C@](F)(CF)C(N)=N4)c2)cn1. The number of alkyl halides is 2. The molecular formula is C21H20F4N4O3. The molecule has 4 rings (SSSR count). The number of aromatic nitrogens is 2. The van der Waals surface area contributed by atoms with Crippen LogP contribution in [-0.4, -0.2) is 54.3 Å². The van der Waals surface area contributed by atoms with Gasteiger partial charge in [-0.05, 0) is 24.1 Å². The Morgan fingerprint density at radius 2 is 2.09 bits per heavy atom. The van der Waals surface area contributed by atoms with E-state index >= 15 is 0 Å². The molecule has 11 heteroatoms. The Labute approximate surface area is 180 Å². The number of aliphatic imine (C=N–C) groups is 1. The molecule has 3 atom stereocenters. The Hall–Kier alpha value is -3.08. The number of fused-ring (bicyclic) bond motifs is 1. The minimum absolute atomic E-state index is 0.0161. The number of carbonyl (C=O) groups excluding carboxylic acids is 1. The maximum atomic E-state index is 14.9. The van der Waals surface area contributed by atoms with E-state index in [1.54, 1.807) is 0 Å². The third kappa shape index (κ3) is 3.60. The van der Waals surface area contributed by atoms with E-state index in [2.05, 4.69) is 15.0 Å². The van der Waals surface area contributed by atoms with Gasteiger partial charge in [-0.25, -0.2) is 27.5 Å². The third-order valence-electron chi connectivity index (χ3n) is 5.92. The highest BCUT2D eigenvalue weighted by Crippen LogP contribution is 2.48. The Kier molecular flexibility index (Phi) is 5.61. The van der Waals surface area contributed by atoms with Gasteiger partial charge in [0.15, 0.2) is 23.1 Å². The number of hydrogen-bond donors (Lipinski definition) is 1. The molecule has 1 saturated heterocycles. The van der Waals surface area contributed by atoms with E-state index in [4.69, 9.17) is 15.2 Å². The number of methoxy groups -OCH3 is 1. The van der Waals surface area contributed by atoms with E-state index in [0.29, 0.717) is 0 Å². The molecule has 170 valence electrons. The van der Waals surface area contributed by atoms with Crippen molar-refractivity contribution in [3.05, 3.63) is 53.0 Å². The second-order valence-corrected chi connectivity index (χ2v) is 7.92.